The second-order valence-electron chi connectivity index (χ2n) is 10.5. The molecule has 1 aromatic heterocycles. The van der Waals surface area contributed by atoms with Gasteiger partial charge in [-0.15, -0.1) is 11.3 Å². The minimum Gasteiger partial charge on any atom is -0.478 e. The fraction of sp³-hybridized carbons (Fsp3) is 0.667. The molecule has 41 heavy (non-hydrogen) atoms. The first-order chi connectivity index (χ1) is 19.0. The molecule has 0 aromatic carbocycles. The highest BCUT2D eigenvalue weighted by atomic mass is 32.2. The van der Waals surface area contributed by atoms with Crippen molar-refractivity contribution in [2.45, 2.75) is 78.4 Å². The number of β-lactam (4-membered cyclic amide) rings is 1. The van der Waals surface area contributed by atoms with Crippen LogP contribution in [0.2, 0.25) is 0 Å². The molecule has 0 bridgehead atoms. The number of unbranched alkanes of at least 4 members (excludes halogenated alkanes) is 4. The molecule has 0 radical (unpaired) electrons. The molecule has 0 spiro atoms. The van der Waals surface area contributed by atoms with Crippen LogP contribution in [0, 0.1) is 5.41 Å². The number of nitrogens with two attached hydrogens (primary N) is 1. The SMILES string of the molecule is CCCCCCCOC(=O)C(C)(C)COS(=O)(=O)N1C[C@H](NC(=O)/C(=N/OC(C)(C)C(=O)O)c2csc(N)n2)C1=O. The first kappa shape index (κ1) is 33.9. The van der Waals surface area contributed by atoms with Crippen LogP contribution in [-0.2, 0) is 43.2 Å². The fourth-order valence-electron chi connectivity index (χ4n) is 3.14. The lowest BCUT2D eigenvalue weighted by Gasteiger charge is -2.37. The van der Waals surface area contributed by atoms with Crippen LogP contribution in [0.15, 0.2) is 10.5 Å². The van der Waals surface area contributed by atoms with E-state index in [-0.39, 0.29) is 17.4 Å². The largest absolute Gasteiger partial charge is 0.478 e. The summed E-state index contributed by atoms with van der Waals surface area (Å²) in [4.78, 5) is 58.1. The van der Waals surface area contributed by atoms with Crippen LogP contribution in [0.1, 0.15) is 72.4 Å². The van der Waals surface area contributed by atoms with Gasteiger partial charge in [0.15, 0.2) is 10.8 Å². The van der Waals surface area contributed by atoms with Gasteiger partial charge in [0.1, 0.15) is 11.7 Å². The van der Waals surface area contributed by atoms with E-state index in [1.165, 1.54) is 33.1 Å². The molecular weight excluding hydrogens is 582 g/mol. The lowest BCUT2D eigenvalue weighted by Crippen LogP contribution is -2.66. The summed E-state index contributed by atoms with van der Waals surface area (Å²) in [5, 5.41) is 16.6. The number of nitrogen functional groups attached to an aromatic ring is 1. The maximum atomic E-state index is 12.9. The van der Waals surface area contributed by atoms with Gasteiger partial charge in [0, 0.05) is 5.38 Å². The Kier molecular flexibility index (Phi) is 11.6. The summed E-state index contributed by atoms with van der Waals surface area (Å²) in [5.41, 5.74) is 2.00. The van der Waals surface area contributed by atoms with Crippen molar-refractivity contribution in [1.29, 1.82) is 0 Å². The van der Waals surface area contributed by atoms with Crippen molar-refractivity contribution in [2.24, 2.45) is 10.6 Å². The van der Waals surface area contributed by atoms with Crippen LogP contribution in [0.5, 0.6) is 0 Å². The summed E-state index contributed by atoms with van der Waals surface area (Å²) in [5.74, 6) is -3.96. The number of esters is 1. The third-order valence-electron chi connectivity index (χ3n) is 5.93. The number of nitrogens with one attached hydrogen (secondary N) is 1. The van der Waals surface area contributed by atoms with E-state index in [1.807, 2.05) is 0 Å². The number of rotatable bonds is 17. The molecule has 4 N–H and O–H groups in total. The Labute approximate surface area is 242 Å². The number of hydrogen-bond donors (Lipinski definition) is 3. The highest BCUT2D eigenvalue weighted by molar-refractivity contribution is 7.85. The van der Waals surface area contributed by atoms with Gasteiger partial charge in [0.2, 0.25) is 5.60 Å². The van der Waals surface area contributed by atoms with Crippen LogP contribution >= 0.6 is 11.3 Å². The van der Waals surface area contributed by atoms with Gasteiger partial charge in [-0.1, -0.05) is 37.8 Å². The van der Waals surface area contributed by atoms with E-state index >= 15 is 0 Å². The Morgan fingerprint density at radius 1 is 1.22 bits per heavy atom. The van der Waals surface area contributed by atoms with Crippen molar-refractivity contribution in [3.63, 3.8) is 0 Å². The fourth-order valence-corrected chi connectivity index (χ4v) is 4.94. The van der Waals surface area contributed by atoms with Crippen molar-refractivity contribution in [1.82, 2.24) is 14.6 Å². The molecule has 230 valence electrons. The maximum absolute atomic E-state index is 12.9. The van der Waals surface area contributed by atoms with E-state index in [4.69, 9.17) is 19.5 Å². The lowest BCUT2D eigenvalue weighted by molar-refractivity contribution is -0.161. The molecule has 1 fully saturated rings. The summed E-state index contributed by atoms with van der Waals surface area (Å²) in [6, 6.07) is -1.26. The van der Waals surface area contributed by atoms with E-state index in [1.54, 1.807) is 0 Å². The number of aliphatic carboxylic acids is 1. The average Bonchev–Trinajstić information content (AvgIpc) is 3.32. The molecule has 1 saturated heterocycles. The minimum absolute atomic E-state index is 0.0409. The number of aromatic nitrogens is 1. The van der Waals surface area contributed by atoms with E-state index in [9.17, 15) is 32.7 Å². The summed E-state index contributed by atoms with van der Waals surface area (Å²) in [7, 11) is -4.57. The number of thiazole rings is 1. The van der Waals surface area contributed by atoms with Crippen LogP contribution in [0.4, 0.5) is 5.13 Å². The number of nitrogens with zero attached hydrogens (tertiary/aromatic N) is 3. The van der Waals surface area contributed by atoms with Gasteiger partial charge in [-0.2, -0.15) is 8.42 Å². The number of anilines is 1. The Morgan fingerprint density at radius 3 is 2.44 bits per heavy atom. The number of ether oxygens (including phenoxy) is 1. The highest BCUT2D eigenvalue weighted by Crippen LogP contribution is 2.23. The molecule has 0 saturated carbocycles. The summed E-state index contributed by atoms with van der Waals surface area (Å²) >= 11 is 0.980. The Balaban J connectivity index is 1.96. The molecule has 17 heteroatoms. The van der Waals surface area contributed by atoms with Gasteiger partial charge in [-0.25, -0.2) is 14.1 Å². The van der Waals surface area contributed by atoms with Crippen molar-refractivity contribution >= 4 is 56.2 Å². The minimum atomic E-state index is -4.57. The number of carboxylic acids is 1. The zero-order chi connectivity index (χ0) is 31.0. The number of amides is 2. The second kappa shape index (κ2) is 14.0. The molecule has 1 aromatic rings. The average molecular weight is 620 g/mol. The van der Waals surface area contributed by atoms with E-state index in [0.717, 1.165) is 37.0 Å². The van der Waals surface area contributed by atoms with Crippen molar-refractivity contribution < 1.29 is 46.5 Å². The quantitative estimate of drug-likeness (QED) is 0.0742. The van der Waals surface area contributed by atoms with Crippen molar-refractivity contribution in [3.8, 4) is 0 Å². The van der Waals surface area contributed by atoms with Gasteiger partial charge >= 0.3 is 22.2 Å². The first-order valence-corrected chi connectivity index (χ1v) is 15.2. The number of carboxylic acid groups (broad SMARTS) is 1. The molecule has 0 aliphatic carbocycles. The molecule has 15 nitrogen and oxygen atoms in total. The maximum Gasteiger partial charge on any atom is 0.364 e. The molecule has 1 atom stereocenters. The molecular formula is C24H37N5O10S2. The standard InChI is InChI=1S/C24H37N5O10S2/c1-6-7-8-9-10-11-37-21(34)23(2,3)14-38-41(35,36)29-12-15(19(29)31)26-18(30)17(16-13-40-22(25)27-16)28-39-24(4,5)20(32)33/h13,15H,6-12,14H2,1-5H3,(H2,25,27)(H,26,30)(H,32,33)/b28-17+/t15-/m0/s1. The van der Waals surface area contributed by atoms with E-state index in [0.29, 0.717) is 10.7 Å². The van der Waals surface area contributed by atoms with E-state index < -0.39 is 70.0 Å². The molecule has 2 amide bonds. The second-order valence-corrected chi connectivity index (χ2v) is 12.9. The van der Waals surface area contributed by atoms with Crippen LogP contribution in [0.3, 0.4) is 0 Å². The zero-order valence-electron chi connectivity index (χ0n) is 23.7. The smallest absolute Gasteiger partial charge is 0.364 e. The predicted octanol–water partition coefficient (Wildman–Crippen LogP) is 1.44. The number of carbonyl (C=O) groups excluding carboxylic acids is 3. The lowest BCUT2D eigenvalue weighted by atomic mass is 9.95. The Hall–Kier alpha value is -3.31. The van der Waals surface area contributed by atoms with Gasteiger partial charge in [-0.3, -0.25) is 18.6 Å². The van der Waals surface area contributed by atoms with Crippen LogP contribution in [0.25, 0.3) is 0 Å². The molecule has 2 heterocycles. The molecule has 0 unspecified atom stereocenters. The van der Waals surface area contributed by atoms with Crippen LogP contribution in [-0.4, -0.2) is 83.7 Å². The predicted molar refractivity (Wildman–Crippen MR) is 148 cm³/mol. The zero-order valence-corrected chi connectivity index (χ0v) is 25.3. The summed E-state index contributed by atoms with van der Waals surface area (Å²) < 4.78 is 35.8. The van der Waals surface area contributed by atoms with Crippen molar-refractivity contribution in [3.05, 3.63) is 11.1 Å². The highest BCUT2D eigenvalue weighted by Gasteiger charge is 2.47. The molecule has 1 aliphatic rings. The molecule has 1 aliphatic heterocycles. The molecule has 2 rings (SSSR count). The van der Waals surface area contributed by atoms with Crippen molar-refractivity contribution in [2.75, 3.05) is 25.5 Å². The van der Waals surface area contributed by atoms with Crippen LogP contribution < -0.4 is 11.1 Å². The summed E-state index contributed by atoms with van der Waals surface area (Å²) in [6.45, 7) is 6.62. The normalized spacial score (nSPS) is 16.2. The Bertz CT molecular complexity index is 1260. The number of carbonyl (C=O) groups is 4. The monoisotopic (exact) mass is 619 g/mol. The van der Waals surface area contributed by atoms with Gasteiger partial charge in [0.25, 0.3) is 11.8 Å². The van der Waals surface area contributed by atoms with Gasteiger partial charge < -0.3 is 25.7 Å². The first-order valence-electron chi connectivity index (χ1n) is 12.9. The Morgan fingerprint density at radius 2 is 1.88 bits per heavy atom. The third kappa shape index (κ3) is 9.36. The topological polar surface area (TPSA) is 217 Å². The number of hydrogen-bond acceptors (Lipinski definition) is 13. The number of oxime groups is 1. The summed E-state index contributed by atoms with van der Waals surface area (Å²) in [6.07, 6.45) is 4.83. The van der Waals surface area contributed by atoms with E-state index in [2.05, 4.69) is 22.4 Å². The third-order valence-corrected chi connectivity index (χ3v) is 7.89. The van der Waals surface area contributed by atoms with Gasteiger partial charge in [-0.05, 0) is 34.1 Å². The van der Waals surface area contributed by atoms with Gasteiger partial charge in [0.05, 0.1) is 25.2 Å².